The van der Waals surface area contributed by atoms with Crippen LogP contribution in [0.5, 0.6) is 0 Å². The van der Waals surface area contributed by atoms with Crippen LogP contribution in [0.15, 0.2) is 0 Å². The molecule has 106 valence electrons. The van der Waals surface area contributed by atoms with Gasteiger partial charge in [-0.2, -0.15) is 0 Å². The van der Waals surface area contributed by atoms with E-state index in [0.717, 1.165) is 12.8 Å². The van der Waals surface area contributed by atoms with Crippen LogP contribution in [0.1, 0.15) is 19.3 Å². The Morgan fingerprint density at radius 1 is 1.32 bits per heavy atom. The molecule has 7 heteroatoms. The lowest BCUT2D eigenvalue weighted by molar-refractivity contribution is -0.136. The molecule has 2 saturated heterocycles. The number of primary amides is 1. The number of piperidine rings is 1. The second kappa shape index (κ2) is 6.01. The number of amides is 3. The fourth-order valence-corrected chi connectivity index (χ4v) is 2.60. The smallest absolute Gasteiger partial charge is 0.241 e. The SMILES string of the molecule is NC(=O)CC1CCN(C(=O)C2CNC(=O)CN2)CC1. The lowest BCUT2D eigenvalue weighted by Gasteiger charge is -2.35. The molecule has 3 amide bonds. The Labute approximate surface area is 111 Å². The van der Waals surface area contributed by atoms with E-state index < -0.39 is 0 Å². The van der Waals surface area contributed by atoms with E-state index in [-0.39, 0.29) is 30.3 Å². The topological polar surface area (TPSA) is 105 Å². The van der Waals surface area contributed by atoms with E-state index in [1.807, 2.05) is 0 Å². The Morgan fingerprint density at radius 3 is 2.53 bits per heavy atom. The highest BCUT2D eigenvalue weighted by molar-refractivity contribution is 5.86. The van der Waals surface area contributed by atoms with Crippen LogP contribution >= 0.6 is 0 Å². The van der Waals surface area contributed by atoms with Gasteiger partial charge in [-0.15, -0.1) is 0 Å². The van der Waals surface area contributed by atoms with Crippen molar-refractivity contribution in [3.63, 3.8) is 0 Å². The first-order chi connectivity index (χ1) is 9.06. The minimum atomic E-state index is -0.328. The van der Waals surface area contributed by atoms with Gasteiger partial charge in [0, 0.05) is 26.1 Å². The van der Waals surface area contributed by atoms with Gasteiger partial charge < -0.3 is 16.0 Å². The highest BCUT2D eigenvalue weighted by atomic mass is 16.2. The van der Waals surface area contributed by atoms with Crippen molar-refractivity contribution in [3.8, 4) is 0 Å². The predicted octanol–water partition coefficient (Wildman–Crippen LogP) is -1.81. The normalized spacial score (nSPS) is 24.9. The van der Waals surface area contributed by atoms with Crippen molar-refractivity contribution in [2.45, 2.75) is 25.3 Å². The van der Waals surface area contributed by atoms with Crippen LogP contribution in [-0.2, 0) is 14.4 Å². The third-order valence-electron chi connectivity index (χ3n) is 3.73. The van der Waals surface area contributed by atoms with Gasteiger partial charge in [-0.25, -0.2) is 0 Å². The average Bonchev–Trinajstić information content (AvgIpc) is 2.39. The quantitative estimate of drug-likeness (QED) is 0.561. The van der Waals surface area contributed by atoms with Gasteiger partial charge in [0.1, 0.15) is 6.04 Å². The van der Waals surface area contributed by atoms with Gasteiger partial charge in [-0.3, -0.25) is 19.7 Å². The number of nitrogens with one attached hydrogen (secondary N) is 2. The van der Waals surface area contributed by atoms with Gasteiger partial charge in [0.05, 0.1) is 6.54 Å². The summed E-state index contributed by atoms with van der Waals surface area (Å²) in [5, 5.41) is 5.61. The molecule has 7 nitrogen and oxygen atoms in total. The minimum absolute atomic E-state index is 0.0255. The highest BCUT2D eigenvalue weighted by Gasteiger charge is 2.30. The zero-order chi connectivity index (χ0) is 13.8. The van der Waals surface area contributed by atoms with Gasteiger partial charge in [0.15, 0.2) is 0 Å². The zero-order valence-electron chi connectivity index (χ0n) is 10.9. The third kappa shape index (κ3) is 3.66. The molecule has 0 aromatic rings. The number of nitrogens with zero attached hydrogens (tertiary/aromatic N) is 1. The van der Waals surface area contributed by atoms with Crippen molar-refractivity contribution in [3.05, 3.63) is 0 Å². The highest BCUT2D eigenvalue weighted by Crippen LogP contribution is 2.20. The third-order valence-corrected chi connectivity index (χ3v) is 3.73. The Bertz CT molecular complexity index is 367. The second-order valence-corrected chi connectivity index (χ2v) is 5.18. The standard InChI is InChI=1S/C12H20N4O3/c13-10(17)5-8-1-3-16(4-2-8)12(19)9-6-15-11(18)7-14-9/h8-9,14H,1-7H2,(H2,13,17)(H,15,18). The summed E-state index contributed by atoms with van der Waals surface area (Å²) in [4.78, 5) is 35.9. The molecule has 2 rings (SSSR count). The Morgan fingerprint density at radius 2 is 2.00 bits per heavy atom. The van der Waals surface area contributed by atoms with E-state index in [1.165, 1.54) is 0 Å². The van der Waals surface area contributed by atoms with E-state index in [9.17, 15) is 14.4 Å². The summed E-state index contributed by atoms with van der Waals surface area (Å²) in [5.74, 6) is -0.0382. The molecule has 0 aliphatic carbocycles. The maximum atomic E-state index is 12.2. The molecule has 2 fully saturated rings. The van der Waals surface area contributed by atoms with Crippen molar-refractivity contribution < 1.29 is 14.4 Å². The van der Waals surface area contributed by atoms with Gasteiger partial charge in [0.25, 0.3) is 0 Å². The summed E-state index contributed by atoms with van der Waals surface area (Å²) in [6.45, 7) is 1.85. The van der Waals surface area contributed by atoms with E-state index in [0.29, 0.717) is 32.0 Å². The van der Waals surface area contributed by atoms with Crippen molar-refractivity contribution >= 4 is 17.7 Å². The van der Waals surface area contributed by atoms with Gasteiger partial charge in [0.2, 0.25) is 17.7 Å². The molecule has 19 heavy (non-hydrogen) atoms. The molecular weight excluding hydrogens is 248 g/mol. The molecule has 0 radical (unpaired) electrons. The van der Waals surface area contributed by atoms with Crippen LogP contribution in [-0.4, -0.2) is 54.8 Å². The fourth-order valence-electron chi connectivity index (χ4n) is 2.60. The number of carbonyl (C=O) groups is 3. The summed E-state index contributed by atoms with van der Waals surface area (Å²) in [6, 6.07) is -0.328. The Kier molecular flexibility index (Phi) is 4.36. The molecule has 0 aromatic carbocycles. The molecule has 4 N–H and O–H groups in total. The summed E-state index contributed by atoms with van der Waals surface area (Å²) < 4.78 is 0. The molecule has 1 atom stereocenters. The van der Waals surface area contributed by atoms with Crippen molar-refractivity contribution in [1.82, 2.24) is 15.5 Å². The van der Waals surface area contributed by atoms with Crippen LogP contribution in [0.2, 0.25) is 0 Å². The summed E-state index contributed by atoms with van der Waals surface area (Å²) in [6.07, 6.45) is 2.03. The number of carbonyl (C=O) groups excluding carboxylic acids is 3. The van der Waals surface area contributed by atoms with Crippen molar-refractivity contribution in [2.24, 2.45) is 11.7 Å². The molecular formula is C12H20N4O3. The largest absolute Gasteiger partial charge is 0.370 e. The van der Waals surface area contributed by atoms with E-state index >= 15 is 0 Å². The lowest BCUT2D eigenvalue weighted by atomic mass is 9.93. The van der Waals surface area contributed by atoms with Crippen LogP contribution in [0.4, 0.5) is 0 Å². The number of piperazine rings is 1. The number of hydrogen-bond donors (Lipinski definition) is 3. The van der Waals surface area contributed by atoms with Gasteiger partial charge >= 0.3 is 0 Å². The van der Waals surface area contributed by atoms with Gasteiger partial charge in [-0.1, -0.05) is 0 Å². The van der Waals surface area contributed by atoms with E-state index in [1.54, 1.807) is 4.90 Å². The summed E-state index contributed by atoms with van der Waals surface area (Å²) in [5.41, 5.74) is 5.18. The first kappa shape index (κ1) is 13.8. The Balaban J connectivity index is 1.79. The fraction of sp³-hybridized carbons (Fsp3) is 0.750. The van der Waals surface area contributed by atoms with Crippen LogP contribution in [0.25, 0.3) is 0 Å². The zero-order valence-corrected chi connectivity index (χ0v) is 10.9. The van der Waals surface area contributed by atoms with E-state index in [2.05, 4.69) is 10.6 Å². The number of likely N-dealkylation sites (tertiary alicyclic amines) is 1. The predicted molar refractivity (Wildman–Crippen MR) is 67.9 cm³/mol. The van der Waals surface area contributed by atoms with Crippen LogP contribution < -0.4 is 16.4 Å². The summed E-state index contributed by atoms with van der Waals surface area (Å²) >= 11 is 0. The number of nitrogens with two attached hydrogens (primary N) is 1. The van der Waals surface area contributed by atoms with Crippen LogP contribution in [0, 0.1) is 5.92 Å². The molecule has 0 saturated carbocycles. The first-order valence-corrected chi connectivity index (χ1v) is 6.63. The number of hydrogen-bond acceptors (Lipinski definition) is 4. The first-order valence-electron chi connectivity index (χ1n) is 6.63. The molecule has 1 unspecified atom stereocenters. The molecule has 2 aliphatic heterocycles. The monoisotopic (exact) mass is 268 g/mol. The summed E-state index contributed by atoms with van der Waals surface area (Å²) in [7, 11) is 0. The average molecular weight is 268 g/mol. The molecule has 2 heterocycles. The van der Waals surface area contributed by atoms with Crippen LogP contribution in [0.3, 0.4) is 0 Å². The minimum Gasteiger partial charge on any atom is -0.370 e. The molecule has 0 aromatic heterocycles. The Hall–Kier alpha value is -1.63. The second-order valence-electron chi connectivity index (χ2n) is 5.18. The van der Waals surface area contributed by atoms with Crippen molar-refractivity contribution in [2.75, 3.05) is 26.2 Å². The maximum Gasteiger partial charge on any atom is 0.241 e. The lowest BCUT2D eigenvalue weighted by Crippen LogP contribution is -2.59. The molecule has 0 spiro atoms. The number of rotatable bonds is 3. The van der Waals surface area contributed by atoms with Crippen molar-refractivity contribution in [1.29, 1.82) is 0 Å². The maximum absolute atomic E-state index is 12.2. The molecule has 2 aliphatic rings. The van der Waals surface area contributed by atoms with Gasteiger partial charge in [-0.05, 0) is 18.8 Å². The van der Waals surface area contributed by atoms with E-state index in [4.69, 9.17) is 5.73 Å². The molecule has 0 bridgehead atoms.